The van der Waals surface area contributed by atoms with E-state index < -0.39 is 23.9 Å². The van der Waals surface area contributed by atoms with Gasteiger partial charge in [0.05, 0.1) is 42.2 Å². The van der Waals surface area contributed by atoms with Gasteiger partial charge in [-0.15, -0.1) is 10.2 Å². The van der Waals surface area contributed by atoms with E-state index in [-0.39, 0.29) is 40.3 Å². The van der Waals surface area contributed by atoms with Gasteiger partial charge in [-0.2, -0.15) is 15.2 Å². The first kappa shape index (κ1) is 25.5. The van der Waals surface area contributed by atoms with Crippen LogP contribution in [0.25, 0.3) is 16.6 Å². The second kappa shape index (κ2) is 10.2. The van der Waals surface area contributed by atoms with Gasteiger partial charge >= 0.3 is 0 Å². The molecule has 1 aromatic carbocycles. The Morgan fingerprint density at radius 1 is 1.31 bits per heavy atom. The van der Waals surface area contributed by atoms with Crippen LogP contribution in [-0.2, 0) is 0 Å². The number of ether oxygens (including phenoxy) is 1. The zero-order valence-corrected chi connectivity index (χ0v) is 20.0. The number of fused-ring (bicyclic) bond motifs is 1. The number of hydrogen-bond acceptors (Lipinski definition) is 9. The van der Waals surface area contributed by atoms with Crippen molar-refractivity contribution in [2.75, 3.05) is 12.4 Å². The van der Waals surface area contributed by atoms with Crippen LogP contribution in [0.1, 0.15) is 39.5 Å². The number of aromatic nitrogens is 3. The van der Waals surface area contributed by atoms with Gasteiger partial charge in [-0.25, -0.2) is 23.2 Å². The summed E-state index contributed by atoms with van der Waals surface area (Å²) in [6.07, 6.45) is 1.08. The second-order valence-corrected chi connectivity index (χ2v) is 9.12. The van der Waals surface area contributed by atoms with E-state index in [4.69, 9.17) is 10.3 Å². The number of nitrogens with zero attached hydrogens (tertiary/aromatic N) is 6. The zero-order valence-electron chi connectivity index (χ0n) is 20.0. The summed E-state index contributed by atoms with van der Waals surface area (Å²) in [5, 5.41) is 28.7. The van der Waals surface area contributed by atoms with Crippen LogP contribution in [0, 0.1) is 11.3 Å². The Bertz CT molecular complexity index is 1280. The van der Waals surface area contributed by atoms with E-state index >= 15 is 4.39 Å². The highest BCUT2D eigenvalue weighted by molar-refractivity contribution is 5.87. The second-order valence-electron chi connectivity index (χ2n) is 9.12. The summed E-state index contributed by atoms with van der Waals surface area (Å²) in [5.41, 5.74) is 7.56. The standard InChI is InChI=1S/C23H27F3N8O2/c1-12(20(25)26)28-17-10-13(4-5-16(17)30-27)18-15(24)11-34-19(18)21(36-3)29-22(33-34)32-31-14-6-8-23(2,35)9-7-14/h4-5,10-12,14,20,27-28,35H,6-9H2,1-3H3/t12-,14?,23?/m0/s1. The van der Waals surface area contributed by atoms with E-state index in [0.29, 0.717) is 31.2 Å². The molecule has 0 radical (unpaired) electrons. The number of rotatable bonds is 8. The zero-order chi connectivity index (χ0) is 26.0. The Hall–Kier alpha value is -3.61. The van der Waals surface area contributed by atoms with E-state index in [2.05, 4.69) is 30.7 Å². The number of aliphatic hydroxyl groups is 1. The van der Waals surface area contributed by atoms with Crippen LogP contribution in [0.4, 0.5) is 30.5 Å². The van der Waals surface area contributed by atoms with Crippen molar-refractivity contribution < 1.29 is 23.0 Å². The molecule has 2 aromatic heterocycles. The third kappa shape index (κ3) is 5.30. The quantitative estimate of drug-likeness (QED) is 0.321. The maximum absolute atomic E-state index is 15.2. The molecular weight excluding hydrogens is 477 g/mol. The molecule has 0 spiro atoms. The lowest BCUT2D eigenvalue weighted by atomic mass is 9.84. The average Bonchev–Trinajstić information content (AvgIpc) is 3.18. The number of azo groups is 1. The largest absolute Gasteiger partial charge is 0.479 e. The van der Waals surface area contributed by atoms with Gasteiger partial charge in [0.2, 0.25) is 5.88 Å². The van der Waals surface area contributed by atoms with E-state index in [9.17, 15) is 13.9 Å². The number of anilines is 1. The molecule has 3 N–H and O–H groups in total. The summed E-state index contributed by atoms with van der Waals surface area (Å²) in [6, 6.07) is 3.11. The van der Waals surface area contributed by atoms with E-state index in [1.165, 1.54) is 36.7 Å². The molecule has 0 amide bonds. The smallest absolute Gasteiger partial charge is 0.289 e. The Balaban J connectivity index is 1.70. The van der Waals surface area contributed by atoms with E-state index in [1.807, 2.05) is 0 Å². The minimum absolute atomic E-state index is 0.0188. The third-order valence-corrected chi connectivity index (χ3v) is 6.24. The topological polar surface area (TPSA) is 133 Å². The van der Waals surface area contributed by atoms with Crippen LogP contribution in [0.2, 0.25) is 0 Å². The van der Waals surface area contributed by atoms with Crippen molar-refractivity contribution in [2.45, 2.75) is 63.6 Å². The molecule has 0 bridgehead atoms. The summed E-state index contributed by atoms with van der Waals surface area (Å²) in [6.45, 7) is 3.09. The van der Waals surface area contributed by atoms with Crippen molar-refractivity contribution in [1.29, 1.82) is 5.53 Å². The molecule has 13 heteroatoms. The van der Waals surface area contributed by atoms with Crippen molar-refractivity contribution in [3.63, 3.8) is 0 Å². The lowest BCUT2D eigenvalue weighted by molar-refractivity contribution is 0.0175. The van der Waals surface area contributed by atoms with Crippen molar-refractivity contribution in [1.82, 2.24) is 14.6 Å². The van der Waals surface area contributed by atoms with Crippen molar-refractivity contribution in [2.24, 2.45) is 15.3 Å². The lowest BCUT2D eigenvalue weighted by Gasteiger charge is -2.30. The molecular formula is C23H27F3N8O2. The van der Waals surface area contributed by atoms with E-state index in [1.54, 1.807) is 6.92 Å². The number of benzene rings is 1. The average molecular weight is 505 g/mol. The van der Waals surface area contributed by atoms with Crippen molar-refractivity contribution >= 4 is 22.8 Å². The van der Waals surface area contributed by atoms with Crippen LogP contribution in [0.15, 0.2) is 39.7 Å². The summed E-state index contributed by atoms with van der Waals surface area (Å²) >= 11 is 0. The monoisotopic (exact) mass is 504 g/mol. The highest BCUT2D eigenvalue weighted by Gasteiger charge is 2.29. The van der Waals surface area contributed by atoms with Gasteiger partial charge < -0.3 is 15.2 Å². The molecule has 4 rings (SSSR count). The molecule has 0 saturated heterocycles. The predicted molar refractivity (Wildman–Crippen MR) is 126 cm³/mol. The Morgan fingerprint density at radius 3 is 2.67 bits per heavy atom. The SMILES string of the molecule is COc1nc(N=NC2CCC(C)(O)CC2)nn2cc(F)c(-c3ccc(N=N)c(N[C@@H](C)C(F)F)c3)c12. The number of hydrogen-bond donors (Lipinski definition) is 3. The summed E-state index contributed by atoms with van der Waals surface area (Å²) in [4.78, 5) is 4.27. The first-order chi connectivity index (χ1) is 17.1. The minimum atomic E-state index is -2.65. The summed E-state index contributed by atoms with van der Waals surface area (Å²) < 4.78 is 48.0. The molecule has 192 valence electrons. The van der Waals surface area contributed by atoms with Gasteiger partial charge in [0.1, 0.15) is 11.2 Å². The number of nitrogens with one attached hydrogen (secondary N) is 2. The first-order valence-electron chi connectivity index (χ1n) is 11.4. The summed E-state index contributed by atoms with van der Waals surface area (Å²) in [5.74, 6) is -0.613. The van der Waals surface area contributed by atoms with Crippen LogP contribution in [0.5, 0.6) is 5.88 Å². The normalized spacial score (nSPS) is 21.3. The maximum Gasteiger partial charge on any atom is 0.289 e. The Labute approximate surface area is 205 Å². The van der Waals surface area contributed by atoms with Crippen LogP contribution < -0.4 is 10.1 Å². The molecule has 2 heterocycles. The molecule has 1 fully saturated rings. The third-order valence-electron chi connectivity index (χ3n) is 6.24. The molecule has 0 aliphatic heterocycles. The van der Waals surface area contributed by atoms with Gasteiger partial charge in [0.25, 0.3) is 12.4 Å². The molecule has 36 heavy (non-hydrogen) atoms. The van der Waals surface area contributed by atoms with E-state index in [0.717, 1.165) is 6.20 Å². The Morgan fingerprint density at radius 2 is 2.03 bits per heavy atom. The fourth-order valence-corrected chi connectivity index (χ4v) is 4.16. The van der Waals surface area contributed by atoms with Gasteiger partial charge in [-0.1, -0.05) is 6.07 Å². The molecule has 3 aromatic rings. The van der Waals surface area contributed by atoms with Gasteiger partial charge in [0.15, 0.2) is 5.82 Å². The fourth-order valence-electron chi connectivity index (χ4n) is 4.16. The number of alkyl halides is 2. The highest BCUT2D eigenvalue weighted by atomic mass is 19.3. The minimum Gasteiger partial charge on any atom is -0.479 e. The number of methoxy groups -OCH3 is 1. The Kier molecular flexibility index (Phi) is 7.20. The van der Waals surface area contributed by atoms with Crippen LogP contribution in [0.3, 0.4) is 0 Å². The molecule has 1 saturated carbocycles. The van der Waals surface area contributed by atoms with Gasteiger partial charge in [-0.3, -0.25) is 0 Å². The lowest BCUT2D eigenvalue weighted by Crippen LogP contribution is -2.31. The number of halogens is 3. The molecule has 1 atom stereocenters. The molecule has 1 aliphatic rings. The maximum atomic E-state index is 15.2. The van der Waals surface area contributed by atoms with Crippen LogP contribution in [-0.4, -0.2) is 50.9 Å². The van der Waals surface area contributed by atoms with Gasteiger partial charge in [0, 0.05) is 0 Å². The highest BCUT2D eigenvalue weighted by Crippen LogP contribution is 2.38. The molecule has 10 nitrogen and oxygen atoms in total. The molecule has 0 unspecified atom stereocenters. The van der Waals surface area contributed by atoms with Crippen molar-refractivity contribution in [3.05, 3.63) is 30.2 Å². The van der Waals surface area contributed by atoms with Gasteiger partial charge in [-0.05, 0) is 57.2 Å². The molecule has 1 aliphatic carbocycles. The van der Waals surface area contributed by atoms with Crippen molar-refractivity contribution in [3.8, 4) is 17.0 Å². The fraction of sp³-hybridized carbons (Fsp3) is 0.478. The summed E-state index contributed by atoms with van der Waals surface area (Å²) in [7, 11) is 1.38. The first-order valence-corrected chi connectivity index (χ1v) is 11.4. The van der Waals surface area contributed by atoms with Crippen LogP contribution >= 0.6 is 0 Å². The predicted octanol–water partition coefficient (Wildman–Crippen LogP) is 6.05.